The molecule has 2 aliphatic rings. The highest BCUT2D eigenvalue weighted by Gasteiger charge is 2.18. The Morgan fingerprint density at radius 1 is 1.00 bits per heavy atom. The molecule has 2 saturated heterocycles. The van der Waals surface area contributed by atoms with Crippen molar-refractivity contribution in [1.29, 1.82) is 0 Å². The first-order valence-electron chi connectivity index (χ1n) is 10.5. The van der Waals surface area contributed by atoms with E-state index in [9.17, 15) is 4.79 Å². The van der Waals surface area contributed by atoms with Crippen molar-refractivity contribution in [3.63, 3.8) is 0 Å². The lowest BCUT2D eigenvalue weighted by Gasteiger charge is -2.28. The number of morpholine rings is 2. The summed E-state index contributed by atoms with van der Waals surface area (Å²) in [5, 5.41) is 0.796. The molecule has 4 rings (SSSR count). The van der Waals surface area contributed by atoms with Crippen LogP contribution < -0.4 is 4.90 Å². The Labute approximate surface area is 181 Å². The van der Waals surface area contributed by atoms with Crippen molar-refractivity contribution in [3.05, 3.63) is 47.2 Å². The van der Waals surface area contributed by atoms with E-state index in [1.807, 2.05) is 29.2 Å². The second-order valence-corrected chi connectivity index (χ2v) is 8.29. The molecule has 2 aromatic rings. The van der Waals surface area contributed by atoms with Gasteiger partial charge in [0.2, 0.25) is 0 Å². The number of benzene rings is 1. The fourth-order valence-corrected chi connectivity index (χ4v) is 4.33. The zero-order valence-electron chi connectivity index (χ0n) is 17.4. The van der Waals surface area contributed by atoms with Gasteiger partial charge in [0.25, 0.3) is 5.91 Å². The summed E-state index contributed by atoms with van der Waals surface area (Å²) in [6.07, 6.45) is 0.881. The maximum Gasteiger partial charge on any atom is 0.254 e. The first-order valence-corrected chi connectivity index (χ1v) is 11.5. The van der Waals surface area contributed by atoms with Crippen LogP contribution in [0.5, 0.6) is 0 Å². The lowest BCUT2D eigenvalue weighted by atomic mass is 10.1. The Morgan fingerprint density at radius 2 is 1.67 bits per heavy atom. The van der Waals surface area contributed by atoms with Crippen molar-refractivity contribution in [3.8, 4) is 0 Å². The van der Waals surface area contributed by atoms with Crippen LogP contribution in [0.1, 0.15) is 28.5 Å². The molecule has 0 unspecified atom stereocenters. The summed E-state index contributed by atoms with van der Waals surface area (Å²) in [5.74, 6) is 1.83. The molecule has 0 spiro atoms. The van der Waals surface area contributed by atoms with Gasteiger partial charge in [0.05, 0.1) is 26.4 Å². The Bertz CT molecular complexity index is 850. The molecule has 0 aliphatic carbocycles. The van der Waals surface area contributed by atoms with Crippen molar-refractivity contribution < 1.29 is 14.3 Å². The number of rotatable bonds is 6. The predicted molar refractivity (Wildman–Crippen MR) is 117 cm³/mol. The maximum absolute atomic E-state index is 12.6. The fourth-order valence-electron chi connectivity index (χ4n) is 3.50. The van der Waals surface area contributed by atoms with Gasteiger partial charge in [0.15, 0.2) is 5.16 Å². The molecule has 1 aromatic heterocycles. The van der Waals surface area contributed by atoms with Crippen LogP contribution >= 0.6 is 11.8 Å². The van der Waals surface area contributed by atoms with E-state index in [0.717, 1.165) is 66.3 Å². The standard InChI is InChI=1S/C22H28N4O3S/c1-2-19-15-20(25-7-11-28-12-8-25)24-22(23-19)30-16-17-3-5-18(6-4-17)21(27)26-9-13-29-14-10-26/h3-6,15H,2,7-14,16H2,1H3. The largest absolute Gasteiger partial charge is 0.378 e. The van der Waals surface area contributed by atoms with Gasteiger partial charge in [0, 0.05) is 49.3 Å². The van der Waals surface area contributed by atoms with Crippen molar-refractivity contribution in [1.82, 2.24) is 14.9 Å². The topological polar surface area (TPSA) is 67.8 Å². The highest BCUT2D eigenvalue weighted by atomic mass is 32.2. The minimum atomic E-state index is 0.0756. The summed E-state index contributed by atoms with van der Waals surface area (Å²) in [4.78, 5) is 26.2. The van der Waals surface area contributed by atoms with Gasteiger partial charge in [-0.3, -0.25) is 4.79 Å². The minimum Gasteiger partial charge on any atom is -0.378 e. The number of aryl methyl sites for hydroxylation is 1. The number of thioether (sulfide) groups is 1. The fraction of sp³-hybridized carbons (Fsp3) is 0.500. The Morgan fingerprint density at radius 3 is 2.33 bits per heavy atom. The normalized spacial score (nSPS) is 17.2. The molecule has 1 amide bonds. The van der Waals surface area contributed by atoms with Crippen LogP contribution in [-0.2, 0) is 21.6 Å². The quantitative estimate of drug-likeness (QED) is 0.518. The average Bonchev–Trinajstić information content (AvgIpc) is 2.83. The molecule has 160 valence electrons. The molecule has 1 aromatic carbocycles. The number of ether oxygens (including phenoxy) is 2. The first-order chi connectivity index (χ1) is 14.7. The molecule has 0 bridgehead atoms. The zero-order chi connectivity index (χ0) is 20.8. The van der Waals surface area contributed by atoms with Gasteiger partial charge in [-0.05, 0) is 24.1 Å². The number of nitrogens with zero attached hydrogens (tertiary/aromatic N) is 4. The van der Waals surface area contributed by atoms with Crippen LogP contribution in [-0.4, -0.2) is 73.4 Å². The number of amides is 1. The molecule has 7 nitrogen and oxygen atoms in total. The second kappa shape index (κ2) is 10.2. The molecule has 3 heterocycles. The molecular formula is C22H28N4O3S. The van der Waals surface area contributed by atoms with Crippen LogP contribution in [0.4, 0.5) is 5.82 Å². The van der Waals surface area contributed by atoms with Crippen LogP contribution in [0.2, 0.25) is 0 Å². The van der Waals surface area contributed by atoms with Gasteiger partial charge in [-0.25, -0.2) is 9.97 Å². The van der Waals surface area contributed by atoms with E-state index in [4.69, 9.17) is 19.4 Å². The zero-order valence-corrected chi connectivity index (χ0v) is 18.2. The number of anilines is 1. The highest BCUT2D eigenvalue weighted by Crippen LogP contribution is 2.24. The van der Waals surface area contributed by atoms with E-state index in [1.165, 1.54) is 0 Å². The Hall–Kier alpha value is -2.16. The summed E-state index contributed by atoms with van der Waals surface area (Å²) in [7, 11) is 0. The highest BCUT2D eigenvalue weighted by molar-refractivity contribution is 7.98. The van der Waals surface area contributed by atoms with Crippen molar-refractivity contribution in [2.75, 3.05) is 57.5 Å². The van der Waals surface area contributed by atoms with Gasteiger partial charge >= 0.3 is 0 Å². The number of carbonyl (C=O) groups excluding carboxylic acids is 1. The van der Waals surface area contributed by atoms with Gasteiger partial charge < -0.3 is 19.3 Å². The second-order valence-electron chi connectivity index (χ2n) is 7.34. The molecular weight excluding hydrogens is 400 g/mol. The third-order valence-corrected chi connectivity index (χ3v) is 6.23. The van der Waals surface area contributed by atoms with Crippen LogP contribution in [0.25, 0.3) is 0 Å². The van der Waals surface area contributed by atoms with E-state index in [-0.39, 0.29) is 5.91 Å². The van der Waals surface area contributed by atoms with Crippen LogP contribution in [0, 0.1) is 0 Å². The molecule has 0 saturated carbocycles. The smallest absolute Gasteiger partial charge is 0.254 e. The summed E-state index contributed by atoms with van der Waals surface area (Å²) in [6, 6.07) is 9.95. The molecule has 30 heavy (non-hydrogen) atoms. The predicted octanol–water partition coefficient (Wildman–Crippen LogP) is 2.64. The molecule has 0 radical (unpaired) electrons. The van der Waals surface area contributed by atoms with E-state index in [1.54, 1.807) is 11.8 Å². The third-order valence-electron chi connectivity index (χ3n) is 5.31. The van der Waals surface area contributed by atoms with E-state index >= 15 is 0 Å². The Kier molecular flexibility index (Phi) is 7.20. The summed E-state index contributed by atoms with van der Waals surface area (Å²) < 4.78 is 10.8. The lowest BCUT2D eigenvalue weighted by molar-refractivity contribution is 0.0303. The molecule has 2 aliphatic heterocycles. The van der Waals surface area contributed by atoms with Crippen molar-refractivity contribution in [2.45, 2.75) is 24.3 Å². The average molecular weight is 429 g/mol. The van der Waals surface area contributed by atoms with Crippen LogP contribution in [0.3, 0.4) is 0 Å². The molecule has 8 heteroatoms. The van der Waals surface area contributed by atoms with Gasteiger partial charge in [0.1, 0.15) is 5.82 Å². The molecule has 2 fully saturated rings. The summed E-state index contributed by atoms with van der Waals surface area (Å²) in [6.45, 7) is 7.87. The minimum absolute atomic E-state index is 0.0756. The summed E-state index contributed by atoms with van der Waals surface area (Å²) in [5.41, 5.74) is 2.93. The van der Waals surface area contributed by atoms with Crippen LogP contribution in [0.15, 0.2) is 35.5 Å². The number of aromatic nitrogens is 2. The van der Waals surface area contributed by atoms with E-state index in [0.29, 0.717) is 26.3 Å². The third kappa shape index (κ3) is 5.30. The van der Waals surface area contributed by atoms with Gasteiger partial charge in [-0.1, -0.05) is 30.8 Å². The van der Waals surface area contributed by atoms with Crippen molar-refractivity contribution in [2.24, 2.45) is 0 Å². The monoisotopic (exact) mass is 428 g/mol. The Balaban J connectivity index is 1.39. The van der Waals surface area contributed by atoms with Crippen molar-refractivity contribution >= 4 is 23.5 Å². The first kappa shape index (κ1) is 21.1. The SMILES string of the molecule is CCc1cc(N2CCOCC2)nc(SCc2ccc(C(=O)N3CCOCC3)cc2)n1. The van der Waals surface area contributed by atoms with Gasteiger partial charge in [-0.15, -0.1) is 0 Å². The van der Waals surface area contributed by atoms with E-state index in [2.05, 4.69) is 17.9 Å². The number of hydrogen-bond acceptors (Lipinski definition) is 7. The van der Waals surface area contributed by atoms with E-state index < -0.39 is 0 Å². The molecule has 0 N–H and O–H groups in total. The number of hydrogen-bond donors (Lipinski definition) is 0. The van der Waals surface area contributed by atoms with Gasteiger partial charge in [-0.2, -0.15) is 0 Å². The lowest BCUT2D eigenvalue weighted by Crippen LogP contribution is -2.40. The maximum atomic E-state index is 12.6. The molecule has 0 atom stereocenters. The number of carbonyl (C=O) groups is 1. The summed E-state index contributed by atoms with van der Waals surface area (Å²) >= 11 is 1.63.